The standard InChI is InChI=1S/C14H20N2O4/c1-3-8(2)11(15)13(18)16-12(14(19)20)9-4-6-10(17)7-5-9/h4-8,11-12,17H,3,15H2,1-2H3,(H,16,18)(H,19,20)/t8-,11-,12?/m0/s1. The number of hydrogen-bond acceptors (Lipinski definition) is 4. The zero-order valence-corrected chi connectivity index (χ0v) is 11.5. The average molecular weight is 280 g/mol. The summed E-state index contributed by atoms with van der Waals surface area (Å²) in [6.07, 6.45) is 0.728. The third-order valence-corrected chi connectivity index (χ3v) is 3.32. The molecule has 1 aromatic rings. The molecule has 0 saturated heterocycles. The zero-order valence-electron chi connectivity index (χ0n) is 11.5. The van der Waals surface area contributed by atoms with Gasteiger partial charge in [0.25, 0.3) is 0 Å². The summed E-state index contributed by atoms with van der Waals surface area (Å²) < 4.78 is 0. The van der Waals surface area contributed by atoms with Crippen LogP contribution < -0.4 is 11.1 Å². The highest BCUT2D eigenvalue weighted by atomic mass is 16.4. The van der Waals surface area contributed by atoms with E-state index in [4.69, 9.17) is 5.73 Å². The minimum atomic E-state index is -1.18. The Labute approximate surface area is 117 Å². The largest absolute Gasteiger partial charge is 0.508 e. The second kappa shape index (κ2) is 6.91. The van der Waals surface area contributed by atoms with Crippen LogP contribution in [0.2, 0.25) is 0 Å². The maximum Gasteiger partial charge on any atom is 0.330 e. The monoisotopic (exact) mass is 280 g/mol. The molecule has 0 aliphatic heterocycles. The van der Waals surface area contributed by atoms with Crippen molar-refractivity contribution in [1.29, 1.82) is 0 Å². The van der Waals surface area contributed by atoms with Gasteiger partial charge in [-0.2, -0.15) is 0 Å². The van der Waals surface area contributed by atoms with Crippen LogP contribution in [0, 0.1) is 5.92 Å². The van der Waals surface area contributed by atoms with Gasteiger partial charge < -0.3 is 21.3 Å². The lowest BCUT2D eigenvalue weighted by atomic mass is 9.98. The van der Waals surface area contributed by atoms with Crippen LogP contribution in [0.1, 0.15) is 31.9 Å². The first-order valence-electron chi connectivity index (χ1n) is 6.44. The van der Waals surface area contributed by atoms with Gasteiger partial charge in [-0.25, -0.2) is 4.79 Å². The molecule has 3 atom stereocenters. The van der Waals surface area contributed by atoms with Crippen molar-refractivity contribution in [3.8, 4) is 5.75 Å². The van der Waals surface area contributed by atoms with E-state index in [0.29, 0.717) is 5.56 Å². The molecule has 0 fully saturated rings. The van der Waals surface area contributed by atoms with Crippen molar-refractivity contribution in [3.05, 3.63) is 29.8 Å². The van der Waals surface area contributed by atoms with E-state index in [9.17, 15) is 19.8 Å². The Morgan fingerprint density at radius 3 is 2.30 bits per heavy atom. The maximum atomic E-state index is 11.9. The number of nitrogens with two attached hydrogens (primary N) is 1. The molecule has 6 nitrogen and oxygen atoms in total. The lowest BCUT2D eigenvalue weighted by Crippen LogP contribution is -2.47. The fourth-order valence-electron chi connectivity index (χ4n) is 1.71. The fourth-order valence-corrected chi connectivity index (χ4v) is 1.71. The van der Waals surface area contributed by atoms with Crippen LogP contribution in [0.4, 0.5) is 0 Å². The molecular formula is C14H20N2O4. The van der Waals surface area contributed by atoms with Gasteiger partial charge in [0.1, 0.15) is 5.75 Å². The van der Waals surface area contributed by atoms with E-state index in [1.807, 2.05) is 13.8 Å². The van der Waals surface area contributed by atoms with Crippen molar-refractivity contribution in [2.45, 2.75) is 32.4 Å². The van der Waals surface area contributed by atoms with Crippen LogP contribution in [0.3, 0.4) is 0 Å². The number of nitrogens with one attached hydrogen (secondary N) is 1. The van der Waals surface area contributed by atoms with E-state index in [2.05, 4.69) is 5.32 Å². The van der Waals surface area contributed by atoms with Crippen LogP contribution in [0.5, 0.6) is 5.75 Å². The van der Waals surface area contributed by atoms with Gasteiger partial charge in [-0.05, 0) is 23.6 Å². The van der Waals surface area contributed by atoms with E-state index < -0.39 is 24.0 Å². The predicted octanol–water partition coefficient (Wildman–Crippen LogP) is 1.01. The van der Waals surface area contributed by atoms with Gasteiger partial charge in [-0.15, -0.1) is 0 Å². The number of rotatable bonds is 6. The third-order valence-electron chi connectivity index (χ3n) is 3.32. The molecule has 0 aliphatic carbocycles. The average Bonchev–Trinajstić information content (AvgIpc) is 2.43. The first-order chi connectivity index (χ1) is 9.36. The molecule has 20 heavy (non-hydrogen) atoms. The molecule has 1 amide bonds. The summed E-state index contributed by atoms with van der Waals surface area (Å²) in [6, 6.07) is 3.70. The number of benzene rings is 1. The number of carboxylic acids is 1. The van der Waals surface area contributed by atoms with Crippen molar-refractivity contribution < 1.29 is 19.8 Å². The molecule has 0 aliphatic rings. The fraction of sp³-hybridized carbons (Fsp3) is 0.429. The first-order valence-corrected chi connectivity index (χ1v) is 6.44. The van der Waals surface area contributed by atoms with Crippen molar-refractivity contribution >= 4 is 11.9 Å². The molecular weight excluding hydrogens is 260 g/mol. The maximum absolute atomic E-state index is 11.9. The minimum absolute atomic E-state index is 0.0283. The molecule has 0 bridgehead atoms. The highest BCUT2D eigenvalue weighted by molar-refractivity contribution is 5.87. The highest BCUT2D eigenvalue weighted by Crippen LogP contribution is 2.18. The Bertz CT molecular complexity index is 473. The second-order valence-electron chi connectivity index (χ2n) is 4.78. The molecule has 0 aromatic heterocycles. The summed E-state index contributed by atoms with van der Waals surface area (Å²) in [7, 11) is 0. The molecule has 0 radical (unpaired) electrons. The van der Waals surface area contributed by atoms with Crippen LogP contribution in [0.15, 0.2) is 24.3 Å². The number of carbonyl (C=O) groups excluding carboxylic acids is 1. The number of aliphatic carboxylic acids is 1. The van der Waals surface area contributed by atoms with Crippen molar-refractivity contribution in [2.24, 2.45) is 11.7 Å². The quantitative estimate of drug-likeness (QED) is 0.621. The van der Waals surface area contributed by atoms with E-state index in [1.54, 1.807) is 0 Å². The first kappa shape index (κ1) is 16.0. The van der Waals surface area contributed by atoms with Gasteiger partial charge in [0.15, 0.2) is 6.04 Å². The van der Waals surface area contributed by atoms with Gasteiger partial charge in [-0.3, -0.25) is 4.79 Å². The van der Waals surface area contributed by atoms with Gasteiger partial charge >= 0.3 is 5.97 Å². The molecule has 0 spiro atoms. The van der Waals surface area contributed by atoms with E-state index in [0.717, 1.165) is 6.42 Å². The van der Waals surface area contributed by atoms with Crippen molar-refractivity contribution in [2.75, 3.05) is 0 Å². The summed E-state index contributed by atoms with van der Waals surface area (Å²) in [5.41, 5.74) is 6.15. The lowest BCUT2D eigenvalue weighted by Gasteiger charge is -2.21. The number of hydrogen-bond donors (Lipinski definition) is 4. The minimum Gasteiger partial charge on any atom is -0.508 e. The number of phenols is 1. The Kier molecular flexibility index (Phi) is 5.52. The smallest absolute Gasteiger partial charge is 0.330 e. The van der Waals surface area contributed by atoms with Crippen molar-refractivity contribution in [3.63, 3.8) is 0 Å². The summed E-state index contributed by atoms with van der Waals surface area (Å²) in [5, 5.41) is 20.8. The number of carboxylic acid groups (broad SMARTS) is 1. The lowest BCUT2D eigenvalue weighted by molar-refractivity contribution is -0.142. The van der Waals surface area contributed by atoms with Gasteiger partial charge in [0.05, 0.1) is 6.04 Å². The Morgan fingerprint density at radius 2 is 1.85 bits per heavy atom. The summed E-state index contributed by atoms with van der Waals surface area (Å²) >= 11 is 0. The summed E-state index contributed by atoms with van der Waals surface area (Å²) in [4.78, 5) is 23.2. The number of amides is 1. The van der Waals surface area contributed by atoms with Crippen LogP contribution in [-0.2, 0) is 9.59 Å². The Morgan fingerprint density at radius 1 is 1.30 bits per heavy atom. The topological polar surface area (TPSA) is 113 Å². The molecule has 1 unspecified atom stereocenters. The molecule has 0 saturated carbocycles. The highest BCUT2D eigenvalue weighted by Gasteiger charge is 2.26. The van der Waals surface area contributed by atoms with Crippen LogP contribution >= 0.6 is 0 Å². The van der Waals surface area contributed by atoms with Gasteiger partial charge in [0, 0.05) is 0 Å². The molecule has 6 heteroatoms. The van der Waals surface area contributed by atoms with E-state index in [-0.39, 0.29) is 11.7 Å². The Balaban J connectivity index is 2.86. The molecule has 0 heterocycles. The van der Waals surface area contributed by atoms with Crippen LogP contribution in [0.25, 0.3) is 0 Å². The van der Waals surface area contributed by atoms with Gasteiger partial charge in [0.2, 0.25) is 5.91 Å². The van der Waals surface area contributed by atoms with E-state index >= 15 is 0 Å². The van der Waals surface area contributed by atoms with E-state index in [1.165, 1.54) is 24.3 Å². The zero-order chi connectivity index (χ0) is 15.3. The number of phenolic OH excluding ortho intramolecular Hbond substituents is 1. The number of aromatic hydroxyl groups is 1. The summed E-state index contributed by atoms with van der Waals surface area (Å²) in [5.74, 6) is -1.69. The molecule has 1 aromatic carbocycles. The molecule has 5 N–H and O–H groups in total. The SMILES string of the molecule is CC[C@H](C)[C@H](N)C(=O)NC(C(=O)O)c1ccc(O)cc1. The molecule has 110 valence electrons. The van der Waals surface area contributed by atoms with Crippen molar-refractivity contribution in [1.82, 2.24) is 5.32 Å². The normalized spacial score (nSPS) is 15.2. The number of carbonyl (C=O) groups is 2. The van der Waals surface area contributed by atoms with Crippen LogP contribution in [-0.4, -0.2) is 28.1 Å². The van der Waals surface area contributed by atoms with Gasteiger partial charge in [-0.1, -0.05) is 32.4 Å². The molecule has 1 rings (SSSR count). The Hall–Kier alpha value is -2.08. The second-order valence-corrected chi connectivity index (χ2v) is 4.78. The summed E-state index contributed by atoms with van der Waals surface area (Å²) in [6.45, 7) is 3.74. The third kappa shape index (κ3) is 3.96. The predicted molar refractivity (Wildman–Crippen MR) is 74.1 cm³/mol.